The van der Waals surface area contributed by atoms with Crippen LogP contribution in [0.2, 0.25) is 0 Å². The maximum Gasteiger partial charge on any atom is 0.140 e. The standard InChI is InChI=1S/C22H20BrN3/c1-15-7-6-14-26-21(16(2)24-22(15)26)20(17-8-4-3-5-9-17)25-19-12-10-18(23)11-13-19/h3-14,20,25H,1-2H3/t20-/m1/s1. The van der Waals surface area contributed by atoms with Crippen LogP contribution in [0.4, 0.5) is 5.69 Å². The number of hydrogen-bond donors (Lipinski definition) is 1. The zero-order chi connectivity index (χ0) is 18.1. The van der Waals surface area contributed by atoms with Gasteiger partial charge in [0.1, 0.15) is 5.65 Å². The van der Waals surface area contributed by atoms with E-state index in [9.17, 15) is 0 Å². The van der Waals surface area contributed by atoms with Gasteiger partial charge in [0.2, 0.25) is 0 Å². The summed E-state index contributed by atoms with van der Waals surface area (Å²) in [7, 11) is 0. The molecule has 4 heteroatoms. The minimum Gasteiger partial charge on any atom is -0.373 e. The summed E-state index contributed by atoms with van der Waals surface area (Å²) in [5.74, 6) is 0. The summed E-state index contributed by atoms with van der Waals surface area (Å²) in [5.41, 5.74) is 6.68. The highest BCUT2D eigenvalue weighted by Crippen LogP contribution is 2.30. The van der Waals surface area contributed by atoms with Gasteiger partial charge in [0.25, 0.3) is 0 Å². The Morgan fingerprint density at radius 3 is 2.38 bits per heavy atom. The van der Waals surface area contributed by atoms with Crippen molar-refractivity contribution >= 4 is 27.3 Å². The number of benzene rings is 2. The van der Waals surface area contributed by atoms with E-state index in [1.807, 2.05) is 6.07 Å². The fourth-order valence-corrected chi connectivity index (χ4v) is 3.62. The fourth-order valence-electron chi connectivity index (χ4n) is 3.35. The molecule has 1 atom stereocenters. The molecule has 4 aromatic rings. The van der Waals surface area contributed by atoms with Crippen LogP contribution in [0.3, 0.4) is 0 Å². The molecule has 0 amide bonds. The highest BCUT2D eigenvalue weighted by molar-refractivity contribution is 9.10. The number of halogens is 1. The number of fused-ring (bicyclic) bond motifs is 1. The lowest BCUT2D eigenvalue weighted by atomic mass is 10.0. The molecule has 0 saturated heterocycles. The molecule has 1 N–H and O–H groups in total. The van der Waals surface area contributed by atoms with Crippen molar-refractivity contribution in [3.05, 3.63) is 99.9 Å². The zero-order valence-electron chi connectivity index (χ0n) is 14.8. The van der Waals surface area contributed by atoms with Crippen molar-refractivity contribution in [1.82, 2.24) is 9.38 Å². The van der Waals surface area contributed by atoms with Gasteiger partial charge < -0.3 is 9.72 Å². The number of nitrogens with zero attached hydrogens (tertiary/aromatic N) is 2. The second-order valence-electron chi connectivity index (χ2n) is 6.46. The maximum absolute atomic E-state index is 4.83. The van der Waals surface area contributed by atoms with Gasteiger partial charge in [-0.2, -0.15) is 0 Å². The Hall–Kier alpha value is -2.59. The van der Waals surface area contributed by atoms with Gasteiger partial charge in [0, 0.05) is 16.4 Å². The number of anilines is 1. The number of rotatable bonds is 4. The van der Waals surface area contributed by atoms with Crippen molar-refractivity contribution in [2.24, 2.45) is 0 Å². The summed E-state index contributed by atoms with van der Waals surface area (Å²) in [4.78, 5) is 4.83. The first-order chi connectivity index (χ1) is 12.6. The van der Waals surface area contributed by atoms with Crippen LogP contribution in [0, 0.1) is 13.8 Å². The second kappa shape index (κ2) is 6.96. The SMILES string of the molecule is Cc1nc2c(C)cccn2c1[C@H](Nc1ccc(Br)cc1)c1ccccc1. The van der Waals surface area contributed by atoms with E-state index in [2.05, 4.69) is 106 Å². The van der Waals surface area contributed by atoms with Crippen LogP contribution in [0.15, 0.2) is 77.4 Å². The Balaban J connectivity index is 1.87. The van der Waals surface area contributed by atoms with Gasteiger partial charge in [-0.3, -0.25) is 0 Å². The van der Waals surface area contributed by atoms with Gasteiger partial charge in [-0.1, -0.05) is 52.3 Å². The lowest BCUT2D eigenvalue weighted by Crippen LogP contribution is -2.15. The van der Waals surface area contributed by atoms with E-state index < -0.39 is 0 Å². The van der Waals surface area contributed by atoms with Crippen LogP contribution < -0.4 is 5.32 Å². The van der Waals surface area contributed by atoms with Gasteiger partial charge in [-0.15, -0.1) is 0 Å². The highest BCUT2D eigenvalue weighted by atomic mass is 79.9. The highest BCUT2D eigenvalue weighted by Gasteiger charge is 2.22. The Labute approximate surface area is 161 Å². The van der Waals surface area contributed by atoms with Gasteiger partial charge >= 0.3 is 0 Å². The van der Waals surface area contributed by atoms with Crippen molar-refractivity contribution in [2.75, 3.05) is 5.32 Å². The smallest absolute Gasteiger partial charge is 0.140 e. The topological polar surface area (TPSA) is 29.3 Å². The molecule has 4 rings (SSSR count). The third-order valence-electron chi connectivity index (χ3n) is 4.63. The van der Waals surface area contributed by atoms with E-state index in [1.54, 1.807) is 0 Å². The van der Waals surface area contributed by atoms with Gasteiger partial charge in [0.05, 0.1) is 17.4 Å². The third-order valence-corrected chi connectivity index (χ3v) is 5.16. The number of aryl methyl sites for hydroxylation is 2. The van der Waals surface area contributed by atoms with Crippen molar-refractivity contribution in [3.8, 4) is 0 Å². The summed E-state index contributed by atoms with van der Waals surface area (Å²) in [6.07, 6.45) is 2.09. The summed E-state index contributed by atoms with van der Waals surface area (Å²) in [6, 6.07) is 23.0. The number of imidazole rings is 1. The minimum atomic E-state index is 0.00850. The first-order valence-corrected chi connectivity index (χ1v) is 9.44. The molecule has 0 aliphatic carbocycles. The summed E-state index contributed by atoms with van der Waals surface area (Å²) < 4.78 is 3.27. The molecular weight excluding hydrogens is 386 g/mol. The van der Waals surface area contributed by atoms with E-state index in [1.165, 1.54) is 11.1 Å². The number of hydrogen-bond acceptors (Lipinski definition) is 2. The van der Waals surface area contributed by atoms with Crippen molar-refractivity contribution in [1.29, 1.82) is 0 Å². The van der Waals surface area contributed by atoms with Crippen molar-refractivity contribution in [2.45, 2.75) is 19.9 Å². The average Bonchev–Trinajstić information content (AvgIpc) is 2.99. The van der Waals surface area contributed by atoms with Crippen LogP contribution in [-0.4, -0.2) is 9.38 Å². The molecule has 0 saturated carbocycles. The molecule has 0 spiro atoms. The Kier molecular flexibility index (Phi) is 4.51. The number of nitrogens with one attached hydrogen (secondary N) is 1. The van der Waals surface area contributed by atoms with Crippen LogP contribution in [0.5, 0.6) is 0 Å². The number of pyridine rings is 1. The molecule has 26 heavy (non-hydrogen) atoms. The van der Waals surface area contributed by atoms with E-state index in [0.29, 0.717) is 0 Å². The molecule has 0 fully saturated rings. The zero-order valence-corrected chi connectivity index (χ0v) is 16.4. The summed E-state index contributed by atoms with van der Waals surface area (Å²) in [6.45, 7) is 4.19. The Bertz CT molecular complexity index is 1040. The average molecular weight is 406 g/mol. The summed E-state index contributed by atoms with van der Waals surface area (Å²) >= 11 is 3.51. The van der Waals surface area contributed by atoms with Crippen LogP contribution in [0.25, 0.3) is 5.65 Å². The normalized spacial score (nSPS) is 12.3. The maximum atomic E-state index is 4.83. The third kappa shape index (κ3) is 3.13. The van der Waals surface area contributed by atoms with Gasteiger partial charge in [-0.05, 0) is 55.3 Å². The Morgan fingerprint density at radius 1 is 0.923 bits per heavy atom. The monoisotopic (exact) mass is 405 g/mol. The molecule has 2 aromatic carbocycles. The van der Waals surface area contributed by atoms with Crippen molar-refractivity contribution in [3.63, 3.8) is 0 Å². The van der Waals surface area contributed by atoms with Gasteiger partial charge in [-0.25, -0.2) is 4.98 Å². The summed E-state index contributed by atoms with van der Waals surface area (Å²) in [5, 5.41) is 3.70. The fraction of sp³-hybridized carbons (Fsp3) is 0.136. The quantitative estimate of drug-likeness (QED) is 0.456. The molecule has 2 aromatic heterocycles. The second-order valence-corrected chi connectivity index (χ2v) is 7.38. The lowest BCUT2D eigenvalue weighted by Gasteiger charge is -2.21. The van der Waals surface area contributed by atoms with E-state index in [-0.39, 0.29) is 6.04 Å². The van der Waals surface area contributed by atoms with Gasteiger partial charge in [0.15, 0.2) is 0 Å². The molecule has 3 nitrogen and oxygen atoms in total. The van der Waals surface area contributed by atoms with E-state index in [0.717, 1.165) is 27.2 Å². The van der Waals surface area contributed by atoms with E-state index >= 15 is 0 Å². The molecule has 0 bridgehead atoms. The van der Waals surface area contributed by atoms with Crippen LogP contribution >= 0.6 is 15.9 Å². The molecule has 0 aliphatic heterocycles. The molecule has 2 heterocycles. The Morgan fingerprint density at radius 2 is 1.65 bits per heavy atom. The van der Waals surface area contributed by atoms with E-state index in [4.69, 9.17) is 4.98 Å². The van der Waals surface area contributed by atoms with Crippen LogP contribution in [-0.2, 0) is 0 Å². The molecule has 130 valence electrons. The molecular formula is C22H20BrN3. The predicted molar refractivity (Wildman–Crippen MR) is 111 cm³/mol. The van der Waals surface area contributed by atoms with Crippen LogP contribution in [0.1, 0.15) is 28.6 Å². The molecule has 0 radical (unpaired) electrons. The van der Waals surface area contributed by atoms with Crippen molar-refractivity contribution < 1.29 is 0 Å². The molecule has 0 aliphatic rings. The lowest BCUT2D eigenvalue weighted by molar-refractivity contribution is 0.856. The molecule has 0 unspecified atom stereocenters. The first-order valence-electron chi connectivity index (χ1n) is 8.65. The largest absolute Gasteiger partial charge is 0.373 e. The number of aromatic nitrogens is 2. The first kappa shape index (κ1) is 16.9. The minimum absolute atomic E-state index is 0.00850. The predicted octanol–water partition coefficient (Wildman–Crippen LogP) is 5.92.